The number of nitrogens with two attached hydrogens (primary N) is 2. The van der Waals surface area contributed by atoms with Gasteiger partial charge < -0.3 is 67.1 Å². The van der Waals surface area contributed by atoms with Crippen LogP contribution in [0.3, 0.4) is 0 Å². The van der Waals surface area contributed by atoms with Gasteiger partial charge in [0.1, 0.15) is 0 Å². The van der Waals surface area contributed by atoms with Gasteiger partial charge in [0.05, 0.1) is 0 Å². The van der Waals surface area contributed by atoms with Gasteiger partial charge in [-0.3, -0.25) is 14.4 Å². The van der Waals surface area contributed by atoms with Crippen molar-refractivity contribution in [2.45, 2.75) is 41.5 Å². The Kier molecular flexibility index (Phi) is 80.8. The van der Waals surface area contributed by atoms with Crippen molar-refractivity contribution >= 4 is 35.8 Å². The second-order valence-corrected chi connectivity index (χ2v) is 5.11. The Labute approximate surface area is 215 Å². The largest absolute Gasteiger partial charge is 3.00 e. The Morgan fingerprint density at radius 2 is 0.657 bits per heavy atom. The average molecular weight is 559 g/mol. The summed E-state index contributed by atoms with van der Waals surface area (Å²) < 4.78 is 0. The zero-order valence-electron chi connectivity index (χ0n) is 20.8. The van der Waals surface area contributed by atoms with Gasteiger partial charge in [-0.1, -0.05) is 0 Å². The van der Waals surface area contributed by atoms with Crippen molar-refractivity contribution in [2.24, 2.45) is 11.5 Å². The van der Waals surface area contributed by atoms with E-state index < -0.39 is 35.8 Å². The predicted molar refractivity (Wildman–Crippen MR) is 116 cm³/mol. The summed E-state index contributed by atoms with van der Waals surface area (Å²) in [6, 6.07) is 0. The quantitative estimate of drug-likeness (QED) is 0.113. The Bertz CT molecular complexity index is 385. The molecular formula is C18H39FeN4O12. The van der Waals surface area contributed by atoms with E-state index in [1.807, 2.05) is 0 Å². The van der Waals surface area contributed by atoms with Crippen molar-refractivity contribution in [3.8, 4) is 0 Å². The van der Waals surface area contributed by atoms with E-state index in [1.54, 1.807) is 0 Å². The van der Waals surface area contributed by atoms with E-state index in [0.29, 0.717) is 13.1 Å². The number of nitrogens with one attached hydrogen (secondary N) is 2. The number of carboxylic acid groups (broad SMARTS) is 6. The number of carbonyl (C=O) groups excluding carboxylic acids is 3. The molecule has 211 valence electrons. The minimum Gasteiger partial charge on any atom is -0.550 e. The van der Waals surface area contributed by atoms with Crippen molar-refractivity contribution in [3.05, 3.63) is 0 Å². The normalized spacial score (nSPS) is 7.20. The molecule has 0 spiro atoms. The summed E-state index contributed by atoms with van der Waals surface area (Å²) in [5.74, 6) is -5.75. The molecule has 0 aromatic heterocycles. The van der Waals surface area contributed by atoms with E-state index in [1.165, 1.54) is 0 Å². The SMILES string of the molecule is CC(=O)O.CC(=O)O.CC(=O)O.CC(=O)[O-].CC(=O)[O-].CC(=O)[O-].NCCNCCNCCN.[Fe+3]. The van der Waals surface area contributed by atoms with Gasteiger partial charge in [0, 0.05) is 77.9 Å². The number of hydrogen-bond acceptors (Lipinski definition) is 13. The van der Waals surface area contributed by atoms with Gasteiger partial charge >= 0.3 is 17.1 Å². The van der Waals surface area contributed by atoms with Crippen LogP contribution >= 0.6 is 0 Å². The van der Waals surface area contributed by atoms with Crippen LogP contribution in [0.1, 0.15) is 41.5 Å². The van der Waals surface area contributed by atoms with Crippen LogP contribution in [0.2, 0.25) is 0 Å². The molecule has 17 heteroatoms. The van der Waals surface area contributed by atoms with Crippen molar-refractivity contribution < 1.29 is 76.5 Å². The molecule has 0 aliphatic carbocycles. The molecule has 0 rings (SSSR count). The molecule has 0 aliphatic rings. The van der Waals surface area contributed by atoms with Crippen LogP contribution in [0.5, 0.6) is 0 Å². The van der Waals surface area contributed by atoms with Gasteiger partial charge in [-0.2, -0.15) is 0 Å². The smallest absolute Gasteiger partial charge is 0.550 e. The van der Waals surface area contributed by atoms with Crippen LogP contribution in [0.25, 0.3) is 0 Å². The molecular weight excluding hydrogens is 520 g/mol. The summed E-state index contributed by atoms with van der Waals surface area (Å²) in [4.78, 5) is 53.7. The van der Waals surface area contributed by atoms with Gasteiger partial charge in [0.15, 0.2) is 0 Å². The fourth-order valence-electron chi connectivity index (χ4n) is 0.631. The monoisotopic (exact) mass is 559 g/mol. The second kappa shape index (κ2) is 52.9. The Morgan fingerprint density at radius 1 is 0.543 bits per heavy atom. The number of carboxylic acids is 6. The second-order valence-electron chi connectivity index (χ2n) is 5.11. The topological polar surface area (TPSA) is 308 Å². The summed E-state index contributed by atoms with van der Waals surface area (Å²) >= 11 is 0. The van der Waals surface area contributed by atoms with E-state index >= 15 is 0 Å². The molecule has 0 aromatic carbocycles. The third kappa shape index (κ3) is 1520. The summed E-state index contributed by atoms with van der Waals surface area (Å²) in [6.45, 7) is 11.3. The van der Waals surface area contributed by atoms with Gasteiger partial charge in [0.25, 0.3) is 17.9 Å². The molecule has 0 unspecified atom stereocenters. The van der Waals surface area contributed by atoms with E-state index in [9.17, 15) is 0 Å². The first-order chi connectivity index (χ1) is 15.3. The molecule has 0 aliphatic heterocycles. The van der Waals surface area contributed by atoms with E-state index in [-0.39, 0.29) is 17.1 Å². The number of carbonyl (C=O) groups is 6. The summed E-state index contributed by atoms with van der Waals surface area (Å²) in [5.41, 5.74) is 10.5. The first-order valence-corrected chi connectivity index (χ1v) is 9.24. The number of hydrogen-bond donors (Lipinski definition) is 7. The Hall–Kier alpha value is -2.82. The molecule has 16 nitrogen and oxygen atoms in total. The molecule has 0 fully saturated rings. The van der Waals surface area contributed by atoms with Crippen molar-refractivity contribution in [2.75, 3.05) is 39.3 Å². The van der Waals surface area contributed by atoms with Gasteiger partial charge in [-0.15, -0.1) is 0 Å². The fourth-order valence-corrected chi connectivity index (χ4v) is 0.631. The number of aliphatic carboxylic acids is 6. The average Bonchev–Trinajstić information content (AvgIpc) is 2.55. The maximum atomic E-state index is 9.00. The van der Waals surface area contributed by atoms with Crippen LogP contribution in [0.4, 0.5) is 0 Å². The van der Waals surface area contributed by atoms with Crippen LogP contribution in [-0.2, 0) is 45.8 Å². The minimum absolute atomic E-state index is 0. The van der Waals surface area contributed by atoms with E-state index in [2.05, 4.69) is 10.6 Å². The van der Waals surface area contributed by atoms with Crippen molar-refractivity contribution in [3.63, 3.8) is 0 Å². The Balaban J connectivity index is -0.0000000423. The predicted octanol–water partition coefficient (Wildman–Crippen LogP) is -5.38. The first kappa shape index (κ1) is 53.5. The van der Waals surface area contributed by atoms with Crippen LogP contribution in [-0.4, -0.2) is 90.4 Å². The molecule has 0 saturated heterocycles. The van der Waals surface area contributed by atoms with Crippen molar-refractivity contribution in [1.82, 2.24) is 10.6 Å². The molecule has 0 aromatic rings. The molecule has 9 N–H and O–H groups in total. The van der Waals surface area contributed by atoms with Crippen molar-refractivity contribution in [1.29, 1.82) is 0 Å². The van der Waals surface area contributed by atoms with Gasteiger partial charge in [-0.05, 0) is 20.8 Å². The maximum Gasteiger partial charge on any atom is 3.00 e. The molecule has 0 heterocycles. The minimum atomic E-state index is -1.08. The summed E-state index contributed by atoms with van der Waals surface area (Å²) in [7, 11) is 0. The summed E-state index contributed by atoms with van der Waals surface area (Å²) in [5, 5.41) is 55.2. The van der Waals surface area contributed by atoms with Crippen LogP contribution in [0.15, 0.2) is 0 Å². The molecule has 0 saturated carbocycles. The molecule has 0 amide bonds. The third-order valence-corrected chi connectivity index (χ3v) is 1.12. The Morgan fingerprint density at radius 3 is 0.743 bits per heavy atom. The zero-order chi connectivity index (χ0) is 29.1. The standard InChI is InChI=1S/C6H18N4.6C2H4O2.Fe/c7-1-3-9-5-6-10-4-2-8;6*1-2(3)4;/h9-10H,1-8H2;6*1H3,(H,3,4);/q;;;;;;;+3/p-3. The number of rotatable bonds is 7. The fraction of sp³-hybridized carbons (Fsp3) is 0.667. The molecule has 35 heavy (non-hydrogen) atoms. The zero-order valence-corrected chi connectivity index (χ0v) is 21.9. The van der Waals surface area contributed by atoms with E-state index in [0.717, 1.165) is 67.7 Å². The summed E-state index contributed by atoms with van der Waals surface area (Å²) in [6.07, 6.45) is 0. The molecule has 1 radical (unpaired) electrons. The maximum absolute atomic E-state index is 9.00. The molecule has 0 atom stereocenters. The van der Waals surface area contributed by atoms with Gasteiger partial charge in [0.2, 0.25) is 0 Å². The first-order valence-electron chi connectivity index (χ1n) is 9.24. The van der Waals surface area contributed by atoms with Crippen LogP contribution in [0, 0.1) is 0 Å². The third-order valence-electron chi connectivity index (χ3n) is 1.12. The molecule has 0 bridgehead atoms. The van der Waals surface area contributed by atoms with Gasteiger partial charge in [-0.25, -0.2) is 0 Å². The van der Waals surface area contributed by atoms with Crippen LogP contribution < -0.4 is 37.4 Å². The van der Waals surface area contributed by atoms with E-state index in [4.69, 9.17) is 70.9 Å².